The molecule has 6 nitrogen and oxygen atoms in total. The summed E-state index contributed by atoms with van der Waals surface area (Å²) in [6.45, 7) is 0.384. The first kappa shape index (κ1) is 17.9. The Morgan fingerprint density at radius 2 is 1.67 bits per heavy atom. The van der Waals surface area contributed by atoms with Gasteiger partial charge in [-0.15, -0.1) is 0 Å². The highest BCUT2D eigenvalue weighted by atomic mass is 79.9. The third-order valence-corrected chi connectivity index (χ3v) is 4.08. The van der Waals surface area contributed by atoms with Gasteiger partial charge in [0, 0.05) is 4.47 Å². The molecule has 0 atom stereocenters. The first-order valence-corrected chi connectivity index (χ1v) is 7.98. The molecule has 0 heterocycles. The smallest absolute Gasteiger partial charge is 0.193 e. The number of benzene rings is 2. The average molecular weight is 394 g/mol. The van der Waals surface area contributed by atoms with Crippen LogP contribution in [0.3, 0.4) is 0 Å². The second-order valence-corrected chi connectivity index (χ2v) is 5.68. The zero-order valence-electron chi connectivity index (χ0n) is 13.8. The Balaban J connectivity index is 2.15. The normalized spacial score (nSPS) is 11.1. The van der Waals surface area contributed by atoms with Crippen LogP contribution in [0.15, 0.2) is 45.9 Å². The number of para-hydroxylation sites is 2. The van der Waals surface area contributed by atoms with Crippen LogP contribution in [0, 0.1) is 0 Å². The predicted octanol–water partition coefficient (Wildman–Crippen LogP) is 3.40. The molecule has 0 amide bonds. The molecule has 2 aromatic rings. The van der Waals surface area contributed by atoms with Crippen LogP contribution in [0.4, 0.5) is 5.69 Å². The minimum absolute atomic E-state index is 0.293. The molecule has 2 rings (SSSR count). The van der Waals surface area contributed by atoms with Crippen LogP contribution in [0.5, 0.6) is 17.2 Å². The van der Waals surface area contributed by atoms with Crippen molar-refractivity contribution in [1.29, 1.82) is 0 Å². The molecule has 0 aliphatic heterocycles. The van der Waals surface area contributed by atoms with E-state index < -0.39 is 0 Å². The largest absolute Gasteiger partial charge is 0.495 e. The van der Waals surface area contributed by atoms with E-state index in [4.69, 9.17) is 19.9 Å². The van der Waals surface area contributed by atoms with E-state index in [0.717, 1.165) is 15.7 Å². The number of ether oxygens (including phenoxy) is 3. The van der Waals surface area contributed by atoms with Gasteiger partial charge in [0.25, 0.3) is 0 Å². The Morgan fingerprint density at radius 3 is 2.33 bits per heavy atom. The van der Waals surface area contributed by atoms with E-state index in [9.17, 15) is 0 Å². The van der Waals surface area contributed by atoms with Gasteiger partial charge in [0.05, 0.1) is 33.6 Å². The molecule has 0 spiro atoms. The molecule has 0 fully saturated rings. The molecule has 0 aromatic heterocycles. The summed E-state index contributed by atoms with van der Waals surface area (Å²) in [5, 5.41) is 3.03. The number of nitrogens with zero attached hydrogens (tertiary/aromatic N) is 1. The van der Waals surface area contributed by atoms with E-state index in [0.29, 0.717) is 29.8 Å². The molecule has 0 radical (unpaired) electrons. The van der Waals surface area contributed by atoms with Crippen LogP contribution in [-0.2, 0) is 6.54 Å². The molecule has 2 aromatic carbocycles. The molecule has 128 valence electrons. The van der Waals surface area contributed by atoms with Crippen LogP contribution in [0.2, 0.25) is 0 Å². The van der Waals surface area contributed by atoms with E-state index in [1.807, 2.05) is 36.4 Å². The molecule has 0 aliphatic carbocycles. The van der Waals surface area contributed by atoms with E-state index in [-0.39, 0.29) is 0 Å². The van der Waals surface area contributed by atoms with Gasteiger partial charge in [-0.25, -0.2) is 4.99 Å². The first-order valence-electron chi connectivity index (χ1n) is 7.19. The van der Waals surface area contributed by atoms with Crippen molar-refractivity contribution in [3.8, 4) is 17.2 Å². The Hall–Kier alpha value is -2.41. The molecule has 0 unspecified atom stereocenters. The molecular formula is C17H20BrN3O3. The first-order chi connectivity index (χ1) is 11.6. The van der Waals surface area contributed by atoms with Crippen LogP contribution >= 0.6 is 15.9 Å². The van der Waals surface area contributed by atoms with Gasteiger partial charge in [0.2, 0.25) is 0 Å². The zero-order valence-corrected chi connectivity index (χ0v) is 15.4. The number of nitrogens with two attached hydrogens (primary N) is 1. The van der Waals surface area contributed by atoms with Crippen molar-refractivity contribution in [1.82, 2.24) is 0 Å². The molecule has 0 bridgehead atoms. The van der Waals surface area contributed by atoms with Gasteiger partial charge in [0.1, 0.15) is 5.75 Å². The highest BCUT2D eigenvalue weighted by Crippen LogP contribution is 2.33. The Kier molecular flexibility index (Phi) is 6.31. The SMILES string of the molecule is COc1ccccc1NC(N)=NCc1cc(OC)c(OC)cc1Br. The third-order valence-electron chi connectivity index (χ3n) is 3.34. The van der Waals surface area contributed by atoms with Crippen LogP contribution < -0.4 is 25.3 Å². The minimum Gasteiger partial charge on any atom is -0.495 e. The maximum atomic E-state index is 5.97. The quantitative estimate of drug-likeness (QED) is 0.580. The van der Waals surface area contributed by atoms with Crippen molar-refractivity contribution in [2.45, 2.75) is 6.54 Å². The van der Waals surface area contributed by atoms with Crippen molar-refractivity contribution in [3.05, 3.63) is 46.4 Å². The lowest BCUT2D eigenvalue weighted by molar-refractivity contribution is 0.354. The number of nitrogens with one attached hydrogen (secondary N) is 1. The molecule has 0 saturated carbocycles. The Morgan fingerprint density at radius 1 is 1.04 bits per heavy atom. The lowest BCUT2D eigenvalue weighted by Gasteiger charge is -2.12. The summed E-state index contributed by atoms with van der Waals surface area (Å²) in [7, 11) is 4.79. The average Bonchev–Trinajstić information content (AvgIpc) is 2.60. The summed E-state index contributed by atoms with van der Waals surface area (Å²) in [6.07, 6.45) is 0. The summed E-state index contributed by atoms with van der Waals surface area (Å²) < 4.78 is 16.7. The number of guanidine groups is 1. The third kappa shape index (κ3) is 4.32. The monoisotopic (exact) mass is 393 g/mol. The lowest BCUT2D eigenvalue weighted by atomic mass is 10.2. The van der Waals surface area contributed by atoms with Crippen molar-refractivity contribution < 1.29 is 14.2 Å². The van der Waals surface area contributed by atoms with E-state index >= 15 is 0 Å². The summed E-state index contributed by atoms with van der Waals surface area (Å²) >= 11 is 3.51. The van der Waals surface area contributed by atoms with Gasteiger partial charge in [0.15, 0.2) is 17.5 Å². The Labute approximate surface area is 149 Å². The van der Waals surface area contributed by atoms with E-state index in [1.165, 1.54) is 0 Å². The molecule has 3 N–H and O–H groups in total. The highest BCUT2D eigenvalue weighted by molar-refractivity contribution is 9.10. The number of hydrogen-bond donors (Lipinski definition) is 2. The van der Waals surface area contributed by atoms with Crippen LogP contribution in [0.1, 0.15) is 5.56 Å². The summed E-state index contributed by atoms with van der Waals surface area (Å²) in [5.41, 5.74) is 7.65. The number of halogens is 1. The van der Waals surface area contributed by atoms with Gasteiger partial charge in [-0.05, 0) is 29.8 Å². The van der Waals surface area contributed by atoms with Gasteiger partial charge in [-0.2, -0.15) is 0 Å². The number of hydrogen-bond acceptors (Lipinski definition) is 4. The van der Waals surface area contributed by atoms with Gasteiger partial charge in [-0.1, -0.05) is 28.1 Å². The van der Waals surface area contributed by atoms with Crippen molar-refractivity contribution in [2.24, 2.45) is 10.7 Å². The second kappa shape index (κ2) is 8.44. The van der Waals surface area contributed by atoms with Crippen molar-refractivity contribution in [3.63, 3.8) is 0 Å². The molecule has 7 heteroatoms. The molecule has 0 aliphatic rings. The Bertz CT molecular complexity index is 735. The zero-order chi connectivity index (χ0) is 17.5. The van der Waals surface area contributed by atoms with Gasteiger partial charge < -0.3 is 25.3 Å². The fraction of sp³-hybridized carbons (Fsp3) is 0.235. The van der Waals surface area contributed by atoms with Crippen molar-refractivity contribution in [2.75, 3.05) is 26.6 Å². The van der Waals surface area contributed by atoms with Crippen LogP contribution in [0.25, 0.3) is 0 Å². The number of methoxy groups -OCH3 is 3. The standard InChI is InChI=1S/C17H20BrN3O3/c1-22-14-7-5-4-6-13(14)21-17(19)20-10-11-8-15(23-2)16(24-3)9-12(11)18/h4-9H,10H2,1-3H3,(H3,19,20,21). The fourth-order valence-corrected chi connectivity index (χ4v) is 2.56. The molecule has 0 saturated heterocycles. The number of aliphatic imine (C=N–C) groups is 1. The van der Waals surface area contributed by atoms with Crippen LogP contribution in [-0.4, -0.2) is 27.3 Å². The fourth-order valence-electron chi connectivity index (χ4n) is 2.11. The van der Waals surface area contributed by atoms with Gasteiger partial charge in [-0.3, -0.25) is 0 Å². The van der Waals surface area contributed by atoms with E-state index in [2.05, 4.69) is 26.2 Å². The van der Waals surface area contributed by atoms with E-state index in [1.54, 1.807) is 21.3 Å². The maximum absolute atomic E-state index is 5.97. The summed E-state index contributed by atoms with van der Waals surface area (Å²) in [4.78, 5) is 4.36. The predicted molar refractivity (Wildman–Crippen MR) is 99.2 cm³/mol. The van der Waals surface area contributed by atoms with Crippen molar-refractivity contribution >= 4 is 27.6 Å². The second-order valence-electron chi connectivity index (χ2n) is 4.83. The highest BCUT2D eigenvalue weighted by Gasteiger charge is 2.09. The van der Waals surface area contributed by atoms with Gasteiger partial charge >= 0.3 is 0 Å². The minimum atomic E-state index is 0.293. The maximum Gasteiger partial charge on any atom is 0.193 e. The summed E-state index contributed by atoms with van der Waals surface area (Å²) in [5.74, 6) is 2.28. The molecule has 24 heavy (non-hydrogen) atoms. The summed E-state index contributed by atoms with van der Waals surface area (Å²) in [6, 6.07) is 11.2. The topological polar surface area (TPSA) is 78.1 Å². The lowest BCUT2D eigenvalue weighted by Crippen LogP contribution is -2.23. The number of anilines is 1. The molecular weight excluding hydrogens is 374 g/mol. The number of rotatable bonds is 6.